The molecule has 1 saturated carbocycles. The van der Waals surface area contributed by atoms with Crippen molar-refractivity contribution in [1.29, 1.82) is 0 Å². The van der Waals surface area contributed by atoms with Gasteiger partial charge in [0.15, 0.2) is 0 Å². The van der Waals surface area contributed by atoms with Gasteiger partial charge in [-0.15, -0.1) is 13.2 Å². The Morgan fingerprint density at radius 3 is 2.32 bits per heavy atom. The van der Waals surface area contributed by atoms with Crippen LogP contribution in [0.1, 0.15) is 38.2 Å². The minimum Gasteiger partial charge on any atom is -0.406 e. The maximum absolute atomic E-state index is 12.1. The second kappa shape index (κ2) is 7.86. The zero-order chi connectivity index (χ0) is 16.0. The Morgan fingerprint density at radius 2 is 1.73 bits per heavy atom. The highest BCUT2D eigenvalue weighted by atomic mass is 19.4. The summed E-state index contributed by atoms with van der Waals surface area (Å²) in [6, 6.07) is 6.10. The molecule has 124 valence electrons. The Kier molecular flexibility index (Phi) is 6.12. The van der Waals surface area contributed by atoms with E-state index in [1.165, 1.54) is 37.8 Å². The molecule has 0 aliphatic heterocycles. The van der Waals surface area contributed by atoms with E-state index in [0.717, 1.165) is 36.9 Å². The van der Waals surface area contributed by atoms with Crippen LogP contribution in [0.2, 0.25) is 0 Å². The van der Waals surface area contributed by atoms with Crippen LogP contribution < -0.4 is 10.1 Å². The van der Waals surface area contributed by atoms with E-state index in [9.17, 15) is 13.2 Å². The fourth-order valence-electron chi connectivity index (χ4n) is 2.93. The zero-order valence-corrected chi connectivity index (χ0v) is 13.0. The summed E-state index contributed by atoms with van der Waals surface area (Å²) in [4.78, 5) is 0. The zero-order valence-electron chi connectivity index (χ0n) is 13.0. The molecule has 0 unspecified atom stereocenters. The predicted molar refractivity (Wildman–Crippen MR) is 80.8 cm³/mol. The summed E-state index contributed by atoms with van der Waals surface area (Å²) >= 11 is 0. The molecular weight excluding hydrogens is 291 g/mol. The molecule has 5 heteroatoms. The number of nitrogens with one attached hydrogen (secondary N) is 1. The van der Waals surface area contributed by atoms with Gasteiger partial charge in [-0.2, -0.15) is 0 Å². The second-order valence-corrected chi connectivity index (χ2v) is 6.27. The van der Waals surface area contributed by atoms with Gasteiger partial charge in [0.2, 0.25) is 0 Å². The summed E-state index contributed by atoms with van der Waals surface area (Å²) in [7, 11) is 0. The van der Waals surface area contributed by atoms with Gasteiger partial charge in [0.05, 0.1) is 0 Å². The van der Waals surface area contributed by atoms with Crippen molar-refractivity contribution in [2.75, 3.05) is 13.1 Å². The fraction of sp³-hybridized carbons (Fsp3) is 0.647. The van der Waals surface area contributed by atoms with E-state index in [0.29, 0.717) is 0 Å². The van der Waals surface area contributed by atoms with E-state index in [2.05, 4.69) is 17.0 Å². The number of alkyl halides is 3. The van der Waals surface area contributed by atoms with Crippen LogP contribution in [0.5, 0.6) is 5.75 Å². The molecule has 0 heterocycles. The summed E-state index contributed by atoms with van der Waals surface area (Å²) in [5, 5.41) is 3.46. The van der Waals surface area contributed by atoms with E-state index in [4.69, 9.17) is 0 Å². The highest BCUT2D eigenvalue weighted by Gasteiger charge is 2.30. The third-order valence-electron chi connectivity index (χ3n) is 4.32. The van der Waals surface area contributed by atoms with Gasteiger partial charge in [0.25, 0.3) is 0 Å². The second-order valence-electron chi connectivity index (χ2n) is 6.27. The lowest BCUT2D eigenvalue weighted by molar-refractivity contribution is -0.274. The van der Waals surface area contributed by atoms with Crippen molar-refractivity contribution in [3.05, 3.63) is 29.8 Å². The van der Waals surface area contributed by atoms with E-state index >= 15 is 0 Å². The average Bonchev–Trinajstić information content (AvgIpc) is 2.45. The molecule has 2 nitrogen and oxygen atoms in total. The lowest BCUT2D eigenvalue weighted by Crippen LogP contribution is -2.27. The summed E-state index contributed by atoms with van der Waals surface area (Å²) in [6.45, 7) is 4.21. The van der Waals surface area contributed by atoms with Crippen molar-refractivity contribution in [2.24, 2.45) is 11.8 Å². The molecule has 2 rings (SSSR count). The highest BCUT2D eigenvalue weighted by molar-refractivity contribution is 5.27. The molecule has 0 saturated heterocycles. The molecule has 0 amide bonds. The van der Waals surface area contributed by atoms with Gasteiger partial charge >= 0.3 is 6.36 Å². The van der Waals surface area contributed by atoms with Crippen molar-refractivity contribution in [2.45, 2.75) is 45.4 Å². The monoisotopic (exact) mass is 315 g/mol. The van der Waals surface area contributed by atoms with Gasteiger partial charge in [0, 0.05) is 0 Å². The van der Waals surface area contributed by atoms with Gasteiger partial charge in [0.1, 0.15) is 5.75 Å². The first-order valence-electron chi connectivity index (χ1n) is 7.98. The molecule has 0 atom stereocenters. The molecule has 1 fully saturated rings. The Morgan fingerprint density at radius 1 is 1.09 bits per heavy atom. The molecular formula is C17H24F3NO. The van der Waals surface area contributed by atoms with Crippen LogP contribution in [-0.2, 0) is 6.42 Å². The SMILES string of the molecule is CC1CCC(CNCCc2ccc(OC(F)(F)F)cc2)CC1. The van der Waals surface area contributed by atoms with Crippen molar-refractivity contribution in [3.8, 4) is 5.75 Å². The first-order valence-corrected chi connectivity index (χ1v) is 7.98. The third kappa shape index (κ3) is 6.26. The summed E-state index contributed by atoms with van der Waals surface area (Å²) < 4.78 is 40.0. The quantitative estimate of drug-likeness (QED) is 0.778. The number of hydrogen-bond donors (Lipinski definition) is 1. The average molecular weight is 315 g/mol. The molecule has 1 aromatic carbocycles. The van der Waals surface area contributed by atoms with Crippen LogP contribution in [0.25, 0.3) is 0 Å². The van der Waals surface area contributed by atoms with Crippen molar-refractivity contribution >= 4 is 0 Å². The lowest BCUT2D eigenvalue weighted by atomic mass is 9.83. The number of ether oxygens (including phenoxy) is 1. The molecule has 1 aromatic rings. The lowest BCUT2D eigenvalue weighted by Gasteiger charge is -2.26. The normalized spacial score (nSPS) is 22.5. The van der Waals surface area contributed by atoms with Crippen molar-refractivity contribution in [1.82, 2.24) is 5.32 Å². The summed E-state index contributed by atoms with van der Waals surface area (Å²) in [5.74, 6) is 1.48. The van der Waals surface area contributed by atoms with E-state index in [1.807, 2.05) is 0 Å². The van der Waals surface area contributed by atoms with Crippen LogP contribution in [0.15, 0.2) is 24.3 Å². The van der Waals surface area contributed by atoms with Crippen molar-refractivity contribution < 1.29 is 17.9 Å². The number of hydrogen-bond acceptors (Lipinski definition) is 2. The van der Waals surface area contributed by atoms with Crippen LogP contribution in [0.4, 0.5) is 13.2 Å². The van der Waals surface area contributed by atoms with Gasteiger partial charge in [-0.25, -0.2) is 0 Å². The molecule has 1 aliphatic rings. The van der Waals surface area contributed by atoms with Gasteiger partial charge < -0.3 is 10.1 Å². The van der Waals surface area contributed by atoms with Crippen LogP contribution in [0, 0.1) is 11.8 Å². The molecule has 1 aliphatic carbocycles. The standard InChI is InChI=1S/C17H24F3NO/c1-13-2-4-15(5-3-13)12-21-11-10-14-6-8-16(9-7-14)22-17(18,19)20/h6-9,13,15,21H,2-5,10-12H2,1H3. The molecule has 0 bridgehead atoms. The Bertz CT molecular complexity index is 436. The largest absolute Gasteiger partial charge is 0.573 e. The Balaban J connectivity index is 1.65. The maximum atomic E-state index is 12.1. The molecule has 1 N–H and O–H groups in total. The molecule has 0 radical (unpaired) electrons. The molecule has 0 spiro atoms. The van der Waals surface area contributed by atoms with E-state index in [-0.39, 0.29) is 5.75 Å². The Hall–Kier alpha value is -1.23. The minimum atomic E-state index is -4.62. The number of benzene rings is 1. The van der Waals surface area contributed by atoms with Gasteiger partial charge in [-0.3, -0.25) is 0 Å². The third-order valence-corrected chi connectivity index (χ3v) is 4.32. The number of rotatable bonds is 6. The van der Waals surface area contributed by atoms with Gasteiger partial charge in [-0.1, -0.05) is 31.9 Å². The van der Waals surface area contributed by atoms with Gasteiger partial charge in [-0.05, 0) is 61.9 Å². The number of halogens is 3. The van der Waals surface area contributed by atoms with Crippen molar-refractivity contribution in [3.63, 3.8) is 0 Å². The predicted octanol–water partition coefficient (Wildman–Crippen LogP) is 4.54. The minimum absolute atomic E-state index is 0.166. The smallest absolute Gasteiger partial charge is 0.406 e. The molecule has 22 heavy (non-hydrogen) atoms. The summed E-state index contributed by atoms with van der Waals surface area (Å²) in [6.07, 6.45) is 1.45. The highest BCUT2D eigenvalue weighted by Crippen LogP contribution is 2.27. The van der Waals surface area contributed by atoms with Crippen LogP contribution in [-0.4, -0.2) is 19.5 Å². The first kappa shape index (κ1) is 17.1. The summed E-state index contributed by atoms with van der Waals surface area (Å²) in [5.41, 5.74) is 1.01. The van der Waals surface area contributed by atoms with Crippen LogP contribution in [0.3, 0.4) is 0 Å². The fourth-order valence-corrected chi connectivity index (χ4v) is 2.93. The van der Waals surface area contributed by atoms with Crippen LogP contribution >= 0.6 is 0 Å². The maximum Gasteiger partial charge on any atom is 0.573 e. The molecule has 0 aromatic heterocycles. The first-order chi connectivity index (χ1) is 10.4. The Labute approximate surface area is 130 Å². The van der Waals surface area contributed by atoms with E-state index in [1.54, 1.807) is 12.1 Å². The topological polar surface area (TPSA) is 21.3 Å². The van der Waals surface area contributed by atoms with E-state index < -0.39 is 6.36 Å².